The number of carbonyl (C=O) groups excluding carboxylic acids is 1. The van der Waals surface area contributed by atoms with Crippen molar-refractivity contribution in [2.45, 2.75) is 49.2 Å². The van der Waals surface area contributed by atoms with Gasteiger partial charge >= 0.3 is 0 Å². The van der Waals surface area contributed by atoms with Gasteiger partial charge in [0.1, 0.15) is 0 Å². The maximum absolute atomic E-state index is 13.2. The summed E-state index contributed by atoms with van der Waals surface area (Å²) in [6.07, 6.45) is 3.83. The number of aryl methyl sites for hydroxylation is 2. The Morgan fingerprint density at radius 1 is 1.32 bits per heavy atom. The monoisotopic (exact) mass is 321 g/mol. The largest absolute Gasteiger partial charge is 0.351 e. The molecule has 5 heteroatoms. The molecule has 1 aromatic rings. The highest BCUT2D eigenvalue weighted by atomic mass is 32.2. The zero-order valence-electron chi connectivity index (χ0n) is 13.2. The molecule has 1 amide bonds. The van der Waals surface area contributed by atoms with Crippen molar-refractivity contribution in [3.63, 3.8) is 0 Å². The van der Waals surface area contributed by atoms with Crippen molar-refractivity contribution in [2.75, 3.05) is 6.54 Å². The molecule has 1 N–H and O–H groups in total. The lowest BCUT2D eigenvalue weighted by Gasteiger charge is -2.28. The lowest BCUT2D eigenvalue weighted by Crippen LogP contribution is -2.50. The number of carbonyl (C=O) groups is 1. The third kappa shape index (κ3) is 2.70. The second-order valence-corrected chi connectivity index (χ2v) is 8.20. The predicted molar refractivity (Wildman–Crippen MR) is 87.5 cm³/mol. The number of sulfone groups is 1. The normalized spacial score (nSPS) is 17.2. The minimum Gasteiger partial charge on any atom is -0.351 e. The molecular weight excluding hydrogens is 298 g/mol. The Kier molecular flexibility index (Phi) is 4.75. The van der Waals surface area contributed by atoms with Gasteiger partial charge in [-0.3, -0.25) is 4.79 Å². The van der Waals surface area contributed by atoms with Gasteiger partial charge in [-0.05, 0) is 43.9 Å². The van der Waals surface area contributed by atoms with Gasteiger partial charge in [0, 0.05) is 6.54 Å². The Morgan fingerprint density at radius 3 is 2.55 bits per heavy atom. The Bertz CT molecular complexity index is 686. The predicted octanol–water partition coefficient (Wildman–Crippen LogP) is 2.69. The Morgan fingerprint density at radius 2 is 1.95 bits per heavy atom. The molecule has 1 fully saturated rings. The van der Waals surface area contributed by atoms with Crippen LogP contribution in [0.2, 0.25) is 0 Å². The van der Waals surface area contributed by atoms with Gasteiger partial charge < -0.3 is 5.32 Å². The van der Waals surface area contributed by atoms with E-state index < -0.39 is 20.5 Å². The Balaban J connectivity index is 2.53. The number of nitrogens with one attached hydrogen (secondary N) is 1. The number of hydrogen-bond donors (Lipinski definition) is 1. The summed E-state index contributed by atoms with van der Waals surface area (Å²) in [5.41, 5.74) is 1.57. The molecule has 22 heavy (non-hydrogen) atoms. The van der Waals surface area contributed by atoms with Crippen molar-refractivity contribution in [2.24, 2.45) is 0 Å². The molecular formula is C17H23NO3S. The maximum Gasteiger partial charge on any atom is 0.242 e. The highest BCUT2D eigenvalue weighted by Gasteiger charge is 2.53. The third-order valence-electron chi connectivity index (χ3n) is 4.38. The molecule has 2 rings (SSSR count). The fraction of sp³-hybridized carbons (Fsp3) is 0.471. The summed E-state index contributed by atoms with van der Waals surface area (Å²) < 4.78 is 25.2. The zero-order chi connectivity index (χ0) is 16.4. The van der Waals surface area contributed by atoms with Crippen molar-refractivity contribution in [1.29, 1.82) is 0 Å². The molecule has 0 aliphatic heterocycles. The van der Waals surface area contributed by atoms with Crippen molar-refractivity contribution in [3.8, 4) is 0 Å². The van der Waals surface area contributed by atoms with Crippen LogP contribution >= 0.6 is 0 Å². The summed E-state index contributed by atoms with van der Waals surface area (Å²) in [5, 5.41) is 2.69. The molecule has 1 aromatic carbocycles. The standard InChI is InChI=1S/C17H23NO3S/c1-4-11-18-16(19)17(9-5-6-10-17)22(20,21)15-12-13(2)7-8-14(15)3/h4,7-8,12H,1,5-6,9-11H2,2-3H3,(H,18,19). The van der Waals surface area contributed by atoms with E-state index in [2.05, 4.69) is 11.9 Å². The van der Waals surface area contributed by atoms with E-state index in [4.69, 9.17) is 0 Å². The van der Waals surface area contributed by atoms with Crippen LogP contribution in [0.25, 0.3) is 0 Å². The minimum atomic E-state index is -3.73. The Hall–Kier alpha value is -1.62. The first kappa shape index (κ1) is 16.7. The van der Waals surface area contributed by atoms with Gasteiger partial charge in [-0.1, -0.05) is 31.1 Å². The molecule has 0 aromatic heterocycles. The SMILES string of the molecule is C=CCNC(=O)C1(S(=O)(=O)c2cc(C)ccc2C)CCCC1. The maximum atomic E-state index is 13.2. The molecule has 0 spiro atoms. The highest BCUT2D eigenvalue weighted by molar-refractivity contribution is 7.93. The molecule has 0 unspecified atom stereocenters. The lowest BCUT2D eigenvalue weighted by atomic mass is 10.1. The fourth-order valence-corrected chi connectivity index (χ4v) is 5.49. The van der Waals surface area contributed by atoms with Crippen LogP contribution < -0.4 is 5.32 Å². The number of hydrogen-bond acceptors (Lipinski definition) is 3. The first-order chi connectivity index (χ1) is 10.3. The summed E-state index contributed by atoms with van der Waals surface area (Å²) in [6, 6.07) is 5.35. The summed E-state index contributed by atoms with van der Waals surface area (Å²) in [5.74, 6) is -0.397. The summed E-state index contributed by atoms with van der Waals surface area (Å²) in [6.45, 7) is 7.48. The van der Waals surface area contributed by atoms with E-state index in [1.165, 1.54) is 0 Å². The van der Waals surface area contributed by atoms with E-state index in [0.717, 1.165) is 18.4 Å². The van der Waals surface area contributed by atoms with Crippen LogP contribution in [-0.2, 0) is 14.6 Å². The van der Waals surface area contributed by atoms with Gasteiger partial charge in [-0.2, -0.15) is 0 Å². The fourth-order valence-electron chi connectivity index (χ4n) is 3.10. The van der Waals surface area contributed by atoms with Gasteiger partial charge in [0.15, 0.2) is 14.6 Å². The molecule has 1 aliphatic rings. The topological polar surface area (TPSA) is 63.2 Å². The highest BCUT2D eigenvalue weighted by Crippen LogP contribution is 2.41. The first-order valence-corrected chi connectivity index (χ1v) is 9.04. The van der Waals surface area contributed by atoms with Crippen molar-refractivity contribution in [3.05, 3.63) is 42.0 Å². The van der Waals surface area contributed by atoms with Gasteiger partial charge in [-0.15, -0.1) is 6.58 Å². The molecule has 0 bridgehead atoms. The van der Waals surface area contributed by atoms with Crippen LogP contribution in [0.1, 0.15) is 36.8 Å². The quantitative estimate of drug-likeness (QED) is 0.848. The van der Waals surface area contributed by atoms with Gasteiger partial charge in [0.2, 0.25) is 5.91 Å². The van der Waals surface area contributed by atoms with Gasteiger partial charge in [-0.25, -0.2) is 8.42 Å². The van der Waals surface area contributed by atoms with Crippen LogP contribution in [0, 0.1) is 13.8 Å². The van der Waals surface area contributed by atoms with E-state index in [1.54, 1.807) is 25.1 Å². The summed E-state index contributed by atoms with van der Waals surface area (Å²) in [4.78, 5) is 12.9. The second-order valence-electron chi connectivity index (χ2n) is 5.97. The number of benzene rings is 1. The summed E-state index contributed by atoms with van der Waals surface area (Å²) in [7, 11) is -3.73. The first-order valence-electron chi connectivity index (χ1n) is 7.56. The van der Waals surface area contributed by atoms with Crippen molar-refractivity contribution >= 4 is 15.7 Å². The number of amides is 1. The van der Waals surface area contributed by atoms with Gasteiger partial charge in [0.05, 0.1) is 4.90 Å². The van der Waals surface area contributed by atoms with Crippen LogP contribution in [0.3, 0.4) is 0 Å². The minimum absolute atomic E-state index is 0.281. The molecule has 0 radical (unpaired) electrons. The third-order valence-corrected chi connectivity index (χ3v) is 7.02. The Labute approximate surface area is 132 Å². The molecule has 1 saturated carbocycles. The van der Waals surface area contributed by atoms with E-state index in [-0.39, 0.29) is 11.4 Å². The van der Waals surface area contributed by atoms with Crippen molar-refractivity contribution in [1.82, 2.24) is 5.32 Å². The zero-order valence-corrected chi connectivity index (χ0v) is 14.0. The molecule has 120 valence electrons. The van der Waals surface area contributed by atoms with Crippen molar-refractivity contribution < 1.29 is 13.2 Å². The lowest BCUT2D eigenvalue weighted by molar-refractivity contribution is -0.123. The van der Waals surface area contributed by atoms with E-state index in [0.29, 0.717) is 18.4 Å². The van der Waals surface area contributed by atoms with E-state index in [1.807, 2.05) is 13.0 Å². The van der Waals surface area contributed by atoms with Crippen LogP contribution in [0.5, 0.6) is 0 Å². The molecule has 4 nitrogen and oxygen atoms in total. The van der Waals surface area contributed by atoms with Crippen LogP contribution in [-0.4, -0.2) is 25.6 Å². The van der Waals surface area contributed by atoms with E-state index in [9.17, 15) is 13.2 Å². The second kappa shape index (κ2) is 6.24. The molecule has 0 heterocycles. The average Bonchev–Trinajstić information content (AvgIpc) is 2.98. The molecule has 0 saturated heterocycles. The molecule has 1 aliphatic carbocycles. The smallest absolute Gasteiger partial charge is 0.242 e. The summed E-state index contributed by atoms with van der Waals surface area (Å²) >= 11 is 0. The van der Waals surface area contributed by atoms with Crippen LogP contribution in [0.15, 0.2) is 35.7 Å². The molecule has 0 atom stereocenters. The van der Waals surface area contributed by atoms with Gasteiger partial charge in [0.25, 0.3) is 0 Å². The number of rotatable bonds is 5. The van der Waals surface area contributed by atoms with Crippen LogP contribution in [0.4, 0.5) is 0 Å². The van der Waals surface area contributed by atoms with E-state index >= 15 is 0 Å². The average molecular weight is 321 g/mol.